The molecule has 4 heteroatoms. The number of ether oxygens (including phenoxy) is 3. The normalized spacial score (nSPS) is 21.9. The van der Waals surface area contributed by atoms with E-state index in [-0.39, 0.29) is 17.7 Å². The Morgan fingerprint density at radius 2 is 0.841 bits per heavy atom. The largest absolute Gasteiger partial charge is 0.462 e. The first-order valence-corrected chi connectivity index (χ1v) is 19.5. The summed E-state index contributed by atoms with van der Waals surface area (Å²) >= 11 is 0. The molecule has 0 saturated heterocycles. The Kier molecular flexibility index (Phi) is 27.6. The molecule has 44 heavy (non-hydrogen) atoms. The van der Waals surface area contributed by atoms with Gasteiger partial charge in [-0.3, -0.25) is 0 Å². The third kappa shape index (κ3) is 24.4. The van der Waals surface area contributed by atoms with E-state index in [1.165, 1.54) is 161 Å². The number of esters is 1. The highest BCUT2D eigenvalue weighted by molar-refractivity contribution is 5.86. The van der Waals surface area contributed by atoms with Crippen LogP contribution in [0.3, 0.4) is 0 Å². The van der Waals surface area contributed by atoms with E-state index in [4.69, 9.17) is 14.2 Å². The average Bonchev–Trinajstić information content (AvgIpc) is 3.04. The molecule has 0 N–H and O–H groups in total. The maximum Gasteiger partial charge on any atom is 0.333 e. The van der Waals surface area contributed by atoms with Crippen molar-refractivity contribution in [2.45, 2.75) is 213 Å². The van der Waals surface area contributed by atoms with E-state index in [0.29, 0.717) is 25.4 Å². The lowest BCUT2D eigenvalue weighted by molar-refractivity contribution is -0.164. The van der Waals surface area contributed by atoms with E-state index >= 15 is 0 Å². The zero-order valence-corrected chi connectivity index (χ0v) is 30.0. The molecule has 3 aliphatic rings. The zero-order chi connectivity index (χ0) is 32.0. The Hall–Kier alpha value is -0.870. The molecule has 0 heterocycles. The minimum atomic E-state index is -0.302. The van der Waals surface area contributed by atoms with Crippen molar-refractivity contribution in [1.82, 2.24) is 0 Å². The molecule has 0 aromatic carbocycles. The maximum absolute atomic E-state index is 11.9. The second-order valence-electron chi connectivity index (χ2n) is 14.2. The summed E-state index contributed by atoms with van der Waals surface area (Å²) in [5, 5.41) is 0. The zero-order valence-electron chi connectivity index (χ0n) is 30.0. The van der Waals surface area contributed by atoms with E-state index in [2.05, 4.69) is 6.58 Å². The highest BCUT2D eigenvalue weighted by Crippen LogP contribution is 2.35. The molecule has 0 aromatic rings. The van der Waals surface area contributed by atoms with Gasteiger partial charge in [-0.15, -0.1) is 0 Å². The SMILES string of the molecule is C1CCCCCCCCC1.C1CCCCCCCCC1.C=C(C)C(=O)OCC1(COC(C)OCC)CCCCCCCCC1. The summed E-state index contributed by atoms with van der Waals surface area (Å²) < 4.78 is 17.0. The fourth-order valence-corrected chi connectivity index (χ4v) is 6.79. The maximum atomic E-state index is 11.9. The van der Waals surface area contributed by atoms with E-state index in [9.17, 15) is 4.79 Å². The van der Waals surface area contributed by atoms with E-state index in [1.807, 2.05) is 13.8 Å². The van der Waals surface area contributed by atoms with E-state index in [1.54, 1.807) is 6.92 Å². The molecule has 1 atom stereocenters. The van der Waals surface area contributed by atoms with Crippen molar-refractivity contribution in [3.05, 3.63) is 12.2 Å². The molecular weight excluding hydrogens is 544 g/mol. The fraction of sp³-hybridized carbons (Fsp3) is 0.925. The Morgan fingerprint density at radius 3 is 1.11 bits per heavy atom. The molecule has 3 rings (SSSR count). The van der Waals surface area contributed by atoms with Crippen LogP contribution in [0.4, 0.5) is 0 Å². The van der Waals surface area contributed by atoms with Gasteiger partial charge in [0, 0.05) is 17.6 Å². The summed E-state index contributed by atoms with van der Waals surface area (Å²) in [5.41, 5.74) is 0.349. The van der Waals surface area contributed by atoms with Crippen molar-refractivity contribution >= 4 is 5.97 Å². The summed E-state index contributed by atoms with van der Waals surface area (Å²) in [7, 11) is 0. The summed E-state index contributed by atoms with van der Waals surface area (Å²) in [6.45, 7) is 10.9. The van der Waals surface area contributed by atoms with E-state index in [0.717, 1.165) is 25.7 Å². The van der Waals surface area contributed by atoms with Gasteiger partial charge in [-0.1, -0.05) is 180 Å². The molecule has 3 saturated carbocycles. The van der Waals surface area contributed by atoms with Crippen LogP contribution in [-0.4, -0.2) is 32.1 Å². The van der Waals surface area contributed by atoms with Crippen molar-refractivity contribution < 1.29 is 19.0 Å². The van der Waals surface area contributed by atoms with Gasteiger partial charge in [-0.2, -0.15) is 0 Å². The van der Waals surface area contributed by atoms with Gasteiger partial charge in [-0.05, 0) is 33.6 Å². The van der Waals surface area contributed by atoms with Crippen LogP contribution in [0.1, 0.15) is 207 Å². The lowest BCUT2D eigenvalue weighted by Crippen LogP contribution is -2.35. The second kappa shape index (κ2) is 29.5. The van der Waals surface area contributed by atoms with Crippen LogP contribution in [0.25, 0.3) is 0 Å². The third-order valence-corrected chi connectivity index (χ3v) is 9.80. The van der Waals surface area contributed by atoms with Crippen LogP contribution >= 0.6 is 0 Å². The molecule has 0 bridgehead atoms. The molecule has 0 amide bonds. The Morgan fingerprint density at radius 1 is 0.545 bits per heavy atom. The monoisotopic (exact) mass is 621 g/mol. The second-order valence-corrected chi connectivity index (χ2v) is 14.2. The van der Waals surface area contributed by atoms with Crippen LogP contribution in [0, 0.1) is 5.41 Å². The van der Waals surface area contributed by atoms with Crippen molar-refractivity contribution in [2.75, 3.05) is 19.8 Å². The lowest BCUT2D eigenvalue weighted by atomic mass is 9.78. The van der Waals surface area contributed by atoms with Crippen molar-refractivity contribution in [2.24, 2.45) is 5.41 Å². The van der Waals surface area contributed by atoms with Crippen LogP contribution in [0.2, 0.25) is 0 Å². The molecule has 3 fully saturated rings. The van der Waals surface area contributed by atoms with Gasteiger partial charge in [0.15, 0.2) is 6.29 Å². The Labute approximate surface area is 275 Å². The van der Waals surface area contributed by atoms with Crippen molar-refractivity contribution in [3.8, 4) is 0 Å². The topological polar surface area (TPSA) is 44.8 Å². The van der Waals surface area contributed by atoms with Gasteiger partial charge in [0.05, 0.1) is 13.2 Å². The molecule has 260 valence electrons. The molecule has 1 unspecified atom stereocenters. The van der Waals surface area contributed by atoms with Gasteiger partial charge in [0.25, 0.3) is 0 Å². The smallest absolute Gasteiger partial charge is 0.333 e. The molecular formula is C40H76O4. The predicted octanol–water partition coefficient (Wildman–Crippen LogP) is 12.8. The van der Waals surface area contributed by atoms with Gasteiger partial charge in [0.1, 0.15) is 0 Å². The van der Waals surface area contributed by atoms with Gasteiger partial charge in [0.2, 0.25) is 0 Å². The summed E-state index contributed by atoms with van der Waals surface area (Å²) in [6.07, 6.45) is 40.6. The molecule has 0 radical (unpaired) electrons. The average molecular weight is 621 g/mol. The molecule has 0 aromatic heterocycles. The predicted molar refractivity (Wildman–Crippen MR) is 189 cm³/mol. The lowest BCUT2D eigenvalue weighted by Gasteiger charge is -2.35. The number of rotatable bonds is 8. The van der Waals surface area contributed by atoms with Crippen LogP contribution in [-0.2, 0) is 19.0 Å². The summed E-state index contributed by atoms with van der Waals surface area (Å²) in [5.74, 6) is -0.302. The number of carbonyl (C=O) groups is 1. The first-order chi connectivity index (χ1) is 21.5. The summed E-state index contributed by atoms with van der Waals surface area (Å²) in [4.78, 5) is 11.9. The fourth-order valence-electron chi connectivity index (χ4n) is 6.79. The minimum absolute atomic E-state index is 0.103. The quantitative estimate of drug-likeness (QED) is 0.154. The Bertz CT molecular complexity index is 563. The molecule has 0 aliphatic heterocycles. The molecule has 4 nitrogen and oxygen atoms in total. The van der Waals surface area contributed by atoms with E-state index < -0.39 is 0 Å². The number of hydrogen-bond acceptors (Lipinski definition) is 4. The van der Waals surface area contributed by atoms with Gasteiger partial charge < -0.3 is 14.2 Å². The minimum Gasteiger partial charge on any atom is -0.462 e. The van der Waals surface area contributed by atoms with Crippen LogP contribution < -0.4 is 0 Å². The van der Waals surface area contributed by atoms with Crippen LogP contribution in [0.15, 0.2) is 12.2 Å². The summed E-state index contributed by atoms with van der Waals surface area (Å²) in [6, 6.07) is 0. The highest BCUT2D eigenvalue weighted by atomic mass is 16.7. The number of carbonyl (C=O) groups excluding carboxylic acids is 1. The van der Waals surface area contributed by atoms with Crippen molar-refractivity contribution in [3.63, 3.8) is 0 Å². The van der Waals surface area contributed by atoms with Crippen LogP contribution in [0.5, 0.6) is 0 Å². The highest BCUT2D eigenvalue weighted by Gasteiger charge is 2.32. The Balaban J connectivity index is 0.000000393. The number of hydrogen-bond donors (Lipinski definition) is 0. The van der Waals surface area contributed by atoms with Crippen molar-refractivity contribution in [1.29, 1.82) is 0 Å². The molecule has 3 aliphatic carbocycles. The van der Waals surface area contributed by atoms with Gasteiger partial charge >= 0.3 is 5.97 Å². The third-order valence-electron chi connectivity index (χ3n) is 9.80. The molecule has 0 spiro atoms. The first kappa shape index (κ1) is 41.2. The van der Waals surface area contributed by atoms with Gasteiger partial charge in [-0.25, -0.2) is 4.79 Å². The first-order valence-electron chi connectivity index (χ1n) is 19.5. The standard InChI is InChI=1S/C20H36O4.2C10H20/c1-5-22-18(4)23-15-20(16-24-19(21)17(2)3)13-11-9-7-6-8-10-12-14-20;2*1-2-4-6-8-10-9-7-5-3-1/h18H,2,5-16H2,1,3-4H3;2*1-10H2.